The predicted octanol–water partition coefficient (Wildman–Crippen LogP) is 2.51. The SMILES string of the molecule is CCCSCC(=O)c1c(Br)cnn1C. The second-order valence-corrected chi connectivity index (χ2v) is 4.90. The molecular formula is C9H13BrN2OS. The molecule has 14 heavy (non-hydrogen) atoms. The van der Waals surface area contributed by atoms with Gasteiger partial charge in [0, 0.05) is 7.05 Å². The van der Waals surface area contributed by atoms with E-state index >= 15 is 0 Å². The number of halogens is 1. The highest BCUT2D eigenvalue weighted by Gasteiger charge is 2.14. The molecule has 0 amide bonds. The molecule has 0 fully saturated rings. The number of aromatic nitrogens is 2. The highest BCUT2D eigenvalue weighted by Crippen LogP contribution is 2.17. The topological polar surface area (TPSA) is 34.9 Å². The van der Waals surface area contributed by atoms with Crippen molar-refractivity contribution in [3.63, 3.8) is 0 Å². The molecule has 0 N–H and O–H groups in total. The van der Waals surface area contributed by atoms with Gasteiger partial charge in [-0.25, -0.2) is 0 Å². The first-order chi connectivity index (χ1) is 6.66. The van der Waals surface area contributed by atoms with E-state index < -0.39 is 0 Å². The Morgan fingerprint density at radius 1 is 1.71 bits per heavy atom. The third-order valence-electron chi connectivity index (χ3n) is 1.74. The minimum Gasteiger partial charge on any atom is -0.291 e. The summed E-state index contributed by atoms with van der Waals surface area (Å²) in [6.07, 6.45) is 2.75. The molecule has 0 radical (unpaired) electrons. The Labute approximate surface area is 96.4 Å². The quantitative estimate of drug-likeness (QED) is 0.612. The van der Waals surface area contributed by atoms with E-state index in [4.69, 9.17) is 0 Å². The molecule has 0 saturated heterocycles. The summed E-state index contributed by atoms with van der Waals surface area (Å²) >= 11 is 4.98. The third-order valence-corrected chi connectivity index (χ3v) is 3.48. The average molecular weight is 277 g/mol. The van der Waals surface area contributed by atoms with Crippen LogP contribution in [-0.2, 0) is 7.05 Å². The van der Waals surface area contributed by atoms with Gasteiger partial charge in [-0.1, -0.05) is 6.92 Å². The smallest absolute Gasteiger partial charge is 0.191 e. The zero-order chi connectivity index (χ0) is 10.6. The lowest BCUT2D eigenvalue weighted by atomic mass is 10.3. The molecule has 78 valence electrons. The van der Waals surface area contributed by atoms with Crippen LogP contribution in [0.1, 0.15) is 23.8 Å². The second kappa shape index (κ2) is 5.56. The van der Waals surface area contributed by atoms with Crippen molar-refractivity contribution < 1.29 is 4.79 Å². The first kappa shape index (κ1) is 11.8. The molecule has 1 aromatic heterocycles. The fourth-order valence-electron chi connectivity index (χ4n) is 1.10. The normalized spacial score (nSPS) is 10.5. The Kier molecular flexibility index (Phi) is 4.68. The lowest BCUT2D eigenvalue weighted by Gasteiger charge is -2.01. The summed E-state index contributed by atoms with van der Waals surface area (Å²) in [6, 6.07) is 0. The van der Waals surface area contributed by atoms with Gasteiger partial charge in [-0.15, -0.1) is 0 Å². The Morgan fingerprint density at radius 3 is 2.93 bits per heavy atom. The van der Waals surface area contributed by atoms with Gasteiger partial charge in [-0.2, -0.15) is 16.9 Å². The molecule has 0 aromatic carbocycles. The van der Waals surface area contributed by atoms with Crippen LogP contribution in [0.3, 0.4) is 0 Å². The van der Waals surface area contributed by atoms with Crippen LogP contribution in [0.4, 0.5) is 0 Å². The number of aryl methyl sites for hydroxylation is 1. The molecule has 0 unspecified atom stereocenters. The minimum atomic E-state index is 0.135. The van der Waals surface area contributed by atoms with Crippen LogP contribution in [0, 0.1) is 0 Å². The van der Waals surface area contributed by atoms with E-state index in [-0.39, 0.29) is 5.78 Å². The largest absolute Gasteiger partial charge is 0.291 e. The Morgan fingerprint density at radius 2 is 2.43 bits per heavy atom. The molecule has 0 spiro atoms. The van der Waals surface area contributed by atoms with Crippen LogP contribution in [0.2, 0.25) is 0 Å². The molecule has 0 aliphatic rings. The molecule has 0 saturated carbocycles. The average Bonchev–Trinajstić information content (AvgIpc) is 2.46. The number of rotatable bonds is 5. The molecular weight excluding hydrogens is 264 g/mol. The standard InChI is InChI=1S/C9H13BrN2OS/c1-3-4-14-6-8(13)9-7(10)5-11-12(9)2/h5H,3-4,6H2,1-2H3. The molecule has 1 rings (SSSR count). The number of carbonyl (C=O) groups is 1. The van der Waals surface area contributed by atoms with Crippen LogP contribution in [0.25, 0.3) is 0 Å². The monoisotopic (exact) mass is 276 g/mol. The summed E-state index contributed by atoms with van der Waals surface area (Å²) in [7, 11) is 1.78. The second-order valence-electron chi connectivity index (χ2n) is 2.94. The van der Waals surface area contributed by atoms with E-state index in [1.54, 1.807) is 29.7 Å². The molecule has 5 heteroatoms. The number of hydrogen-bond donors (Lipinski definition) is 0. The molecule has 0 atom stereocenters. The molecule has 1 aromatic rings. The Hall–Kier alpha value is -0.290. The molecule has 0 bridgehead atoms. The number of ketones is 1. The third kappa shape index (κ3) is 2.85. The highest BCUT2D eigenvalue weighted by molar-refractivity contribution is 9.10. The lowest BCUT2D eigenvalue weighted by molar-refractivity contribution is 0.101. The van der Waals surface area contributed by atoms with E-state index in [2.05, 4.69) is 28.0 Å². The first-order valence-electron chi connectivity index (χ1n) is 4.45. The van der Waals surface area contributed by atoms with Gasteiger partial charge in [-0.05, 0) is 28.1 Å². The van der Waals surface area contributed by atoms with Crippen molar-refractivity contribution in [3.8, 4) is 0 Å². The van der Waals surface area contributed by atoms with Crippen LogP contribution in [-0.4, -0.2) is 27.1 Å². The van der Waals surface area contributed by atoms with Gasteiger partial charge >= 0.3 is 0 Å². The van der Waals surface area contributed by atoms with E-state index in [9.17, 15) is 4.79 Å². The van der Waals surface area contributed by atoms with Crippen LogP contribution in [0.5, 0.6) is 0 Å². The van der Waals surface area contributed by atoms with Gasteiger partial charge in [0.15, 0.2) is 5.78 Å². The lowest BCUT2D eigenvalue weighted by Crippen LogP contribution is -2.10. The molecule has 0 aliphatic heterocycles. The zero-order valence-corrected chi connectivity index (χ0v) is 10.7. The molecule has 3 nitrogen and oxygen atoms in total. The fraction of sp³-hybridized carbons (Fsp3) is 0.556. The maximum absolute atomic E-state index is 11.7. The maximum atomic E-state index is 11.7. The van der Waals surface area contributed by atoms with Crippen molar-refractivity contribution in [2.24, 2.45) is 7.05 Å². The van der Waals surface area contributed by atoms with E-state index in [1.807, 2.05) is 0 Å². The number of hydrogen-bond acceptors (Lipinski definition) is 3. The first-order valence-corrected chi connectivity index (χ1v) is 6.40. The summed E-state index contributed by atoms with van der Waals surface area (Å²) < 4.78 is 2.39. The Bertz CT molecular complexity index is 305. The molecule has 1 heterocycles. The predicted molar refractivity (Wildman–Crippen MR) is 62.9 cm³/mol. The van der Waals surface area contributed by atoms with Crippen LogP contribution in [0.15, 0.2) is 10.7 Å². The van der Waals surface area contributed by atoms with Crippen molar-refractivity contribution in [2.75, 3.05) is 11.5 Å². The van der Waals surface area contributed by atoms with Crippen molar-refractivity contribution >= 4 is 33.5 Å². The summed E-state index contributed by atoms with van der Waals surface area (Å²) in [5.74, 6) is 1.70. The fourth-order valence-corrected chi connectivity index (χ4v) is 2.43. The van der Waals surface area contributed by atoms with Crippen molar-refractivity contribution in [1.29, 1.82) is 0 Å². The Balaban J connectivity index is 2.60. The van der Waals surface area contributed by atoms with Gasteiger partial charge in [0.05, 0.1) is 16.4 Å². The summed E-state index contributed by atoms with van der Waals surface area (Å²) in [5.41, 5.74) is 0.661. The molecule has 0 aliphatic carbocycles. The zero-order valence-electron chi connectivity index (χ0n) is 8.29. The van der Waals surface area contributed by atoms with Crippen molar-refractivity contribution in [1.82, 2.24) is 9.78 Å². The van der Waals surface area contributed by atoms with Gasteiger partial charge in [0.25, 0.3) is 0 Å². The number of carbonyl (C=O) groups excluding carboxylic acids is 1. The maximum Gasteiger partial charge on any atom is 0.191 e. The van der Waals surface area contributed by atoms with Crippen molar-refractivity contribution in [2.45, 2.75) is 13.3 Å². The summed E-state index contributed by atoms with van der Waals surface area (Å²) in [4.78, 5) is 11.7. The van der Waals surface area contributed by atoms with Gasteiger partial charge in [-0.3, -0.25) is 9.48 Å². The van der Waals surface area contributed by atoms with E-state index in [1.165, 1.54) is 0 Å². The summed E-state index contributed by atoms with van der Waals surface area (Å²) in [5, 5.41) is 4.01. The van der Waals surface area contributed by atoms with Gasteiger partial charge in [0.2, 0.25) is 0 Å². The highest BCUT2D eigenvalue weighted by atomic mass is 79.9. The van der Waals surface area contributed by atoms with Gasteiger partial charge < -0.3 is 0 Å². The number of thioether (sulfide) groups is 1. The minimum absolute atomic E-state index is 0.135. The van der Waals surface area contributed by atoms with Gasteiger partial charge in [0.1, 0.15) is 5.69 Å². The van der Waals surface area contributed by atoms with Crippen LogP contribution < -0.4 is 0 Å². The number of Topliss-reactive ketones (excluding diaryl/α,β-unsaturated/α-hetero) is 1. The van der Waals surface area contributed by atoms with E-state index in [0.717, 1.165) is 16.6 Å². The van der Waals surface area contributed by atoms with E-state index in [0.29, 0.717) is 11.4 Å². The van der Waals surface area contributed by atoms with Crippen LogP contribution >= 0.6 is 27.7 Å². The van der Waals surface area contributed by atoms with Crippen molar-refractivity contribution in [3.05, 3.63) is 16.4 Å². The summed E-state index contributed by atoms with van der Waals surface area (Å²) in [6.45, 7) is 2.11. The number of nitrogens with zero attached hydrogens (tertiary/aromatic N) is 2.